The van der Waals surface area contributed by atoms with Crippen molar-refractivity contribution in [1.29, 1.82) is 0 Å². The van der Waals surface area contributed by atoms with E-state index >= 15 is 0 Å². The van der Waals surface area contributed by atoms with Gasteiger partial charge in [0.1, 0.15) is 4.99 Å². The zero-order valence-electron chi connectivity index (χ0n) is 11.5. The second-order valence-corrected chi connectivity index (χ2v) is 6.59. The molecule has 0 aliphatic heterocycles. The number of hydrogen-bond donors (Lipinski definition) is 2. The molecule has 3 nitrogen and oxygen atoms in total. The van der Waals surface area contributed by atoms with E-state index in [9.17, 15) is 4.79 Å². The Bertz CT molecular complexity index is 530. The Morgan fingerprint density at radius 1 is 1.30 bits per heavy atom. The fourth-order valence-corrected chi connectivity index (χ4v) is 3.03. The molecule has 0 atom stereocenters. The monoisotopic (exact) mass is 288 g/mol. The Morgan fingerprint density at radius 3 is 2.45 bits per heavy atom. The molecule has 3 N–H and O–H groups in total. The lowest BCUT2D eigenvalue weighted by Crippen LogP contribution is -2.32. The lowest BCUT2D eigenvalue weighted by Gasteiger charge is -2.15. The highest BCUT2D eigenvalue weighted by Crippen LogP contribution is 2.60. The minimum Gasteiger partial charge on any atom is -0.389 e. The van der Waals surface area contributed by atoms with E-state index in [0.717, 1.165) is 23.6 Å². The Kier molecular flexibility index (Phi) is 3.50. The van der Waals surface area contributed by atoms with Gasteiger partial charge in [-0.25, -0.2) is 0 Å². The van der Waals surface area contributed by atoms with Crippen molar-refractivity contribution in [3.8, 4) is 0 Å². The van der Waals surface area contributed by atoms with E-state index in [0.29, 0.717) is 16.8 Å². The fourth-order valence-electron chi connectivity index (χ4n) is 2.89. The Balaban J connectivity index is 1.49. The van der Waals surface area contributed by atoms with Crippen LogP contribution in [-0.2, 0) is 11.2 Å². The normalized spacial score (nSPS) is 19.4. The standard InChI is InChI=1S/C16H20N2OS/c17-15(20)12-3-1-11(2-4-12)9-14(19)18-10-16(7-8-16)13-5-6-13/h1-4,13H,5-10H2,(H2,17,20)(H,18,19). The van der Waals surface area contributed by atoms with Crippen molar-refractivity contribution in [1.82, 2.24) is 5.32 Å². The highest BCUT2D eigenvalue weighted by Gasteiger charge is 2.53. The summed E-state index contributed by atoms with van der Waals surface area (Å²) in [6, 6.07) is 7.58. The molecule has 1 amide bonds. The van der Waals surface area contributed by atoms with Gasteiger partial charge in [0.15, 0.2) is 0 Å². The van der Waals surface area contributed by atoms with Gasteiger partial charge in [0.2, 0.25) is 5.91 Å². The van der Waals surface area contributed by atoms with Crippen LogP contribution >= 0.6 is 12.2 Å². The van der Waals surface area contributed by atoms with Gasteiger partial charge in [-0.15, -0.1) is 0 Å². The van der Waals surface area contributed by atoms with Crippen LogP contribution in [0.25, 0.3) is 0 Å². The van der Waals surface area contributed by atoms with E-state index in [1.165, 1.54) is 25.7 Å². The van der Waals surface area contributed by atoms with Gasteiger partial charge in [-0.1, -0.05) is 36.5 Å². The molecule has 106 valence electrons. The summed E-state index contributed by atoms with van der Waals surface area (Å²) < 4.78 is 0. The Morgan fingerprint density at radius 2 is 1.95 bits per heavy atom. The van der Waals surface area contributed by atoms with Crippen molar-refractivity contribution in [3.05, 3.63) is 35.4 Å². The summed E-state index contributed by atoms with van der Waals surface area (Å²) in [5.41, 5.74) is 7.86. The number of benzene rings is 1. The first-order valence-electron chi connectivity index (χ1n) is 7.24. The predicted octanol–water partition coefficient (Wildman–Crippen LogP) is 2.17. The smallest absolute Gasteiger partial charge is 0.224 e. The van der Waals surface area contributed by atoms with Crippen LogP contribution in [0.1, 0.15) is 36.8 Å². The van der Waals surface area contributed by atoms with Crippen LogP contribution < -0.4 is 11.1 Å². The number of thiocarbonyl (C=S) groups is 1. The van der Waals surface area contributed by atoms with E-state index in [2.05, 4.69) is 5.32 Å². The van der Waals surface area contributed by atoms with Crippen LogP contribution in [0, 0.1) is 11.3 Å². The quantitative estimate of drug-likeness (QED) is 0.789. The third-order valence-corrected chi connectivity index (χ3v) is 4.81. The van der Waals surface area contributed by atoms with Crippen LogP contribution in [0.3, 0.4) is 0 Å². The first-order chi connectivity index (χ1) is 9.59. The summed E-state index contributed by atoms with van der Waals surface area (Å²) in [5.74, 6) is 0.993. The molecule has 0 unspecified atom stereocenters. The summed E-state index contributed by atoms with van der Waals surface area (Å²) in [4.78, 5) is 12.4. The van der Waals surface area contributed by atoms with Crippen molar-refractivity contribution in [2.45, 2.75) is 32.1 Å². The first kappa shape index (κ1) is 13.6. The molecule has 1 aromatic carbocycles. The molecule has 0 spiro atoms. The number of hydrogen-bond acceptors (Lipinski definition) is 2. The van der Waals surface area contributed by atoms with Crippen molar-refractivity contribution in [2.24, 2.45) is 17.1 Å². The van der Waals surface area contributed by atoms with Crippen molar-refractivity contribution < 1.29 is 4.79 Å². The number of nitrogens with two attached hydrogens (primary N) is 1. The van der Waals surface area contributed by atoms with Gasteiger partial charge in [0.25, 0.3) is 0 Å². The molecule has 2 aliphatic rings. The van der Waals surface area contributed by atoms with Crippen LogP contribution in [0.2, 0.25) is 0 Å². The molecule has 0 saturated heterocycles. The molecule has 0 aromatic heterocycles. The molecule has 2 fully saturated rings. The predicted molar refractivity (Wildman–Crippen MR) is 83.4 cm³/mol. The summed E-state index contributed by atoms with van der Waals surface area (Å²) >= 11 is 4.91. The molecule has 4 heteroatoms. The van der Waals surface area contributed by atoms with E-state index in [-0.39, 0.29) is 5.91 Å². The van der Waals surface area contributed by atoms with Crippen molar-refractivity contribution in [2.75, 3.05) is 6.54 Å². The minimum absolute atomic E-state index is 0.111. The molecule has 2 aliphatic carbocycles. The fraction of sp³-hybridized carbons (Fsp3) is 0.500. The zero-order chi connectivity index (χ0) is 14.2. The minimum atomic E-state index is 0.111. The molecule has 0 bridgehead atoms. The van der Waals surface area contributed by atoms with Gasteiger partial charge in [-0.2, -0.15) is 0 Å². The van der Waals surface area contributed by atoms with E-state index in [1.54, 1.807) is 0 Å². The van der Waals surface area contributed by atoms with Crippen LogP contribution in [-0.4, -0.2) is 17.4 Å². The second kappa shape index (κ2) is 5.17. The number of rotatable bonds is 6. The highest BCUT2D eigenvalue weighted by molar-refractivity contribution is 7.80. The first-order valence-corrected chi connectivity index (χ1v) is 7.65. The van der Waals surface area contributed by atoms with E-state index in [1.807, 2.05) is 24.3 Å². The molecule has 1 aromatic rings. The van der Waals surface area contributed by atoms with Gasteiger partial charge in [0, 0.05) is 12.1 Å². The van der Waals surface area contributed by atoms with Crippen LogP contribution in [0.4, 0.5) is 0 Å². The lowest BCUT2D eigenvalue weighted by molar-refractivity contribution is -0.120. The molecular weight excluding hydrogens is 268 g/mol. The number of carbonyl (C=O) groups excluding carboxylic acids is 1. The zero-order valence-corrected chi connectivity index (χ0v) is 12.3. The maximum atomic E-state index is 12.0. The second-order valence-electron chi connectivity index (χ2n) is 6.15. The maximum Gasteiger partial charge on any atom is 0.224 e. The number of amides is 1. The van der Waals surface area contributed by atoms with Gasteiger partial charge in [0.05, 0.1) is 6.42 Å². The third-order valence-electron chi connectivity index (χ3n) is 4.58. The average Bonchev–Trinajstić information content (AvgIpc) is 3.28. The third kappa shape index (κ3) is 3.01. The van der Waals surface area contributed by atoms with Crippen LogP contribution in [0.15, 0.2) is 24.3 Å². The maximum absolute atomic E-state index is 12.0. The largest absolute Gasteiger partial charge is 0.389 e. The van der Waals surface area contributed by atoms with Gasteiger partial charge >= 0.3 is 0 Å². The molecule has 20 heavy (non-hydrogen) atoms. The summed E-state index contributed by atoms with van der Waals surface area (Å²) in [6.07, 6.45) is 5.73. The SMILES string of the molecule is NC(=S)c1ccc(CC(=O)NCC2(C3CC3)CC2)cc1. The Hall–Kier alpha value is -1.42. The van der Waals surface area contributed by atoms with Gasteiger partial charge in [-0.05, 0) is 42.6 Å². The number of nitrogens with one attached hydrogen (secondary N) is 1. The summed E-state index contributed by atoms with van der Waals surface area (Å²) in [5, 5.41) is 3.10. The highest BCUT2D eigenvalue weighted by atomic mass is 32.1. The Labute approximate surface area is 124 Å². The van der Waals surface area contributed by atoms with E-state index in [4.69, 9.17) is 18.0 Å². The summed E-state index contributed by atoms with van der Waals surface area (Å²) in [7, 11) is 0. The van der Waals surface area contributed by atoms with Crippen molar-refractivity contribution >= 4 is 23.1 Å². The molecule has 0 radical (unpaired) electrons. The van der Waals surface area contributed by atoms with Crippen molar-refractivity contribution in [3.63, 3.8) is 0 Å². The average molecular weight is 288 g/mol. The van der Waals surface area contributed by atoms with E-state index < -0.39 is 0 Å². The van der Waals surface area contributed by atoms with Crippen LogP contribution in [0.5, 0.6) is 0 Å². The lowest BCUT2D eigenvalue weighted by atomic mass is 10.0. The van der Waals surface area contributed by atoms with Gasteiger partial charge in [-0.3, -0.25) is 4.79 Å². The molecular formula is C16H20N2OS. The molecule has 2 saturated carbocycles. The number of carbonyl (C=O) groups is 1. The molecule has 3 rings (SSSR count). The topological polar surface area (TPSA) is 55.1 Å². The summed E-state index contributed by atoms with van der Waals surface area (Å²) in [6.45, 7) is 0.863. The van der Waals surface area contributed by atoms with Gasteiger partial charge < -0.3 is 11.1 Å². The molecule has 0 heterocycles.